The van der Waals surface area contributed by atoms with Gasteiger partial charge in [-0.2, -0.15) is 0 Å². The second-order valence-corrected chi connectivity index (χ2v) is 5.98. The van der Waals surface area contributed by atoms with E-state index in [2.05, 4.69) is 14.9 Å². The van der Waals surface area contributed by atoms with Gasteiger partial charge in [-0.3, -0.25) is 4.98 Å². The number of anilines is 1. The molecule has 1 N–H and O–H groups in total. The van der Waals surface area contributed by atoms with Crippen molar-refractivity contribution in [2.75, 3.05) is 18.0 Å². The molecule has 3 rings (SSSR count). The van der Waals surface area contributed by atoms with Crippen molar-refractivity contribution < 1.29 is 5.11 Å². The van der Waals surface area contributed by atoms with Crippen molar-refractivity contribution in [1.29, 1.82) is 0 Å². The summed E-state index contributed by atoms with van der Waals surface area (Å²) in [6.07, 6.45) is 4.87. The Hall–Kier alpha value is -1.65. The van der Waals surface area contributed by atoms with Gasteiger partial charge in [0, 0.05) is 24.3 Å². The van der Waals surface area contributed by atoms with Crippen LogP contribution in [0.4, 0.5) is 5.82 Å². The van der Waals surface area contributed by atoms with Gasteiger partial charge in [0.25, 0.3) is 0 Å². The number of benzene rings is 1. The Bertz CT molecular complexity index is 622. The third kappa shape index (κ3) is 3.01. The summed E-state index contributed by atoms with van der Waals surface area (Å²) in [4.78, 5) is 10.8. The van der Waals surface area contributed by atoms with Crippen molar-refractivity contribution in [3.63, 3.8) is 0 Å². The molecule has 110 valence electrons. The molecule has 1 aromatic heterocycles. The Labute approximate surface area is 129 Å². The van der Waals surface area contributed by atoms with Gasteiger partial charge in [-0.05, 0) is 37.5 Å². The van der Waals surface area contributed by atoms with E-state index in [-0.39, 0.29) is 0 Å². The summed E-state index contributed by atoms with van der Waals surface area (Å²) in [5, 5.41) is 11.5. The highest BCUT2D eigenvalue weighted by Crippen LogP contribution is 2.34. The fraction of sp³-hybridized carbons (Fsp3) is 0.375. The molecule has 2 heterocycles. The van der Waals surface area contributed by atoms with Gasteiger partial charge in [-0.15, -0.1) is 0 Å². The van der Waals surface area contributed by atoms with E-state index in [1.165, 1.54) is 0 Å². The van der Waals surface area contributed by atoms with Gasteiger partial charge in [0.15, 0.2) is 0 Å². The van der Waals surface area contributed by atoms with Crippen molar-refractivity contribution in [3.8, 4) is 0 Å². The van der Waals surface area contributed by atoms with Gasteiger partial charge >= 0.3 is 0 Å². The SMILES string of the molecule is Cc1cncc(N2CCC(O)(c3ccc(Cl)cc3)CC2)n1. The molecule has 21 heavy (non-hydrogen) atoms. The van der Waals surface area contributed by atoms with Crippen LogP contribution in [0.3, 0.4) is 0 Å². The van der Waals surface area contributed by atoms with E-state index in [0.29, 0.717) is 17.9 Å². The molecule has 0 radical (unpaired) electrons. The van der Waals surface area contributed by atoms with Crippen molar-refractivity contribution >= 4 is 17.4 Å². The first-order valence-electron chi connectivity index (χ1n) is 7.09. The van der Waals surface area contributed by atoms with Crippen LogP contribution in [0, 0.1) is 6.92 Å². The van der Waals surface area contributed by atoms with E-state index in [0.717, 1.165) is 30.2 Å². The maximum atomic E-state index is 10.8. The largest absolute Gasteiger partial charge is 0.385 e. The van der Waals surface area contributed by atoms with E-state index in [1.54, 1.807) is 12.4 Å². The number of aliphatic hydroxyl groups is 1. The molecule has 1 aliphatic rings. The smallest absolute Gasteiger partial charge is 0.147 e. The van der Waals surface area contributed by atoms with Crippen LogP contribution in [0.15, 0.2) is 36.7 Å². The summed E-state index contributed by atoms with van der Waals surface area (Å²) in [7, 11) is 0. The molecular weight excluding hydrogens is 286 g/mol. The second kappa shape index (κ2) is 5.62. The second-order valence-electron chi connectivity index (χ2n) is 5.54. The Morgan fingerprint density at radius 1 is 1.14 bits per heavy atom. The van der Waals surface area contributed by atoms with Crippen LogP contribution in [0.2, 0.25) is 5.02 Å². The van der Waals surface area contributed by atoms with Gasteiger partial charge in [0.2, 0.25) is 0 Å². The summed E-state index contributed by atoms with van der Waals surface area (Å²) in [6.45, 7) is 3.46. The molecule has 1 fully saturated rings. The Morgan fingerprint density at radius 2 is 1.81 bits per heavy atom. The van der Waals surface area contributed by atoms with E-state index in [9.17, 15) is 5.11 Å². The number of halogens is 1. The Balaban J connectivity index is 1.73. The molecule has 0 unspecified atom stereocenters. The third-order valence-electron chi connectivity index (χ3n) is 4.04. The van der Waals surface area contributed by atoms with Crippen LogP contribution < -0.4 is 4.90 Å². The minimum atomic E-state index is -0.779. The molecule has 0 amide bonds. The van der Waals surface area contributed by atoms with Crippen LogP contribution in [0.25, 0.3) is 0 Å². The zero-order valence-electron chi connectivity index (χ0n) is 12.0. The maximum Gasteiger partial charge on any atom is 0.147 e. The molecule has 0 aliphatic carbocycles. The number of hydrogen-bond donors (Lipinski definition) is 1. The summed E-state index contributed by atoms with van der Waals surface area (Å²) in [5.74, 6) is 0.883. The van der Waals surface area contributed by atoms with Crippen LogP contribution in [0.1, 0.15) is 24.1 Å². The predicted molar refractivity (Wildman–Crippen MR) is 83.6 cm³/mol. The lowest BCUT2D eigenvalue weighted by atomic mass is 9.84. The first kappa shape index (κ1) is 14.3. The molecule has 1 aromatic carbocycles. The molecule has 0 spiro atoms. The van der Waals surface area contributed by atoms with E-state index in [4.69, 9.17) is 11.6 Å². The molecule has 2 aromatic rings. The van der Waals surface area contributed by atoms with Gasteiger partial charge < -0.3 is 10.0 Å². The lowest BCUT2D eigenvalue weighted by Gasteiger charge is -2.39. The van der Waals surface area contributed by atoms with Crippen molar-refractivity contribution in [2.45, 2.75) is 25.4 Å². The first-order chi connectivity index (χ1) is 10.1. The Kier molecular flexibility index (Phi) is 3.83. The summed E-state index contributed by atoms with van der Waals surface area (Å²) in [5.41, 5.74) is 1.06. The van der Waals surface area contributed by atoms with Crippen LogP contribution in [-0.4, -0.2) is 28.2 Å². The van der Waals surface area contributed by atoms with E-state index >= 15 is 0 Å². The summed E-state index contributed by atoms with van der Waals surface area (Å²) >= 11 is 5.91. The zero-order valence-corrected chi connectivity index (χ0v) is 12.7. The standard InChI is InChI=1S/C16H18ClN3O/c1-12-10-18-11-15(19-12)20-8-6-16(21,7-9-20)13-2-4-14(17)5-3-13/h2-5,10-11,21H,6-9H2,1H3. The quantitative estimate of drug-likeness (QED) is 0.927. The fourth-order valence-corrected chi connectivity index (χ4v) is 2.88. The van der Waals surface area contributed by atoms with Crippen LogP contribution >= 0.6 is 11.6 Å². The summed E-state index contributed by atoms with van der Waals surface area (Å²) < 4.78 is 0. The normalized spacial score (nSPS) is 17.8. The number of aryl methyl sites for hydroxylation is 1. The molecular formula is C16H18ClN3O. The zero-order chi connectivity index (χ0) is 14.9. The van der Waals surface area contributed by atoms with Gasteiger partial charge in [0.05, 0.1) is 17.5 Å². The number of nitrogens with zero attached hydrogens (tertiary/aromatic N) is 3. The highest BCUT2D eigenvalue weighted by atomic mass is 35.5. The molecule has 0 bridgehead atoms. The average molecular weight is 304 g/mol. The molecule has 0 saturated carbocycles. The number of rotatable bonds is 2. The number of hydrogen-bond acceptors (Lipinski definition) is 4. The summed E-state index contributed by atoms with van der Waals surface area (Å²) in [6, 6.07) is 7.47. The van der Waals surface area contributed by atoms with Crippen molar-refractivity contribution in [1.82, 2.24) is 9.97 Å². The minimum absolute atomic E-state index is 0.671. The average Bonchev–Trinajstić information content (AvgIpc) is 2.48. The van der Waals surface area contributed by atoms with E-state index < -0.39 is 5.60 Å². The third-order valence-corrected chi connectivity index (χ3v) is 4.29. The molecule has 5 heteroatoms. The Morgan fingerprint density at radius 3 is 2.43 bits per heavy atom. The minimum Gasteiger partial charge on any atom is -0.385 e. The molecule has 0 atom stereocenters. The van der Waals surface area contributed by atoms with Gasteiger partial charge in [-0.1, -0.05) is 23.7 Å². The van der Waals surface area contributed by atoms with Gasteiger partial charge in [0.1, 0.15) is 5.82 Å². The molecule has 1 saturated heterocycles. The van der Waals surface area contributed by atoms with Gasteiger partial charge in [-0.25, -0.2) is 4.98 Å². The van der Waals surface area contributed by atoms with Crippen LogP contribution in [-0.2, 0) is 5.60 Å². The maximum absolute atomic E-state index is 10.8. The topological polar surface area (TPSA) is 49.2 Å². The van der Waals surface area contributed by atoms with Crippen molar-refractivity contribution in [2.24, 2.45) is 0 Å². The predicted octanol–water partition coefficient (Wildman–Crippen LogP) is 2.93. The lowest BCUT2D eigenvalue weighted by molar-refractivity contribution is 0.0116. The monoisotopic (exact) mass is 303 g/mol. The molecule has 1 aliphatic heterocycles. The van der Waals surface area contributed by atoms with Crippen LogP contribution in [0.5, 0.6) is 0 Å². The highest BCUT2D eigenvalue weighted by molar-refractivity contribution is 6.30. The number of piperidine rings is 1. The first-order valence-corrected chi connectivity index (χ1v) is 7.47. The highest BCUT2D eigenvalue weighted by Gasteiger charge is 2.34. The molecule has 4 nitrogen and oxygen atoms in total. The van der Waals surface area contributed by atoms with E-state index in [1.807, 2.05) is 31.2 Å². The fourth-order valence-electron chi connectivity index (χ4n) is 2.76. The van der Waals surface area contributed by atoms with Crippen molar-refractivity contribution in [3.05, 3.63) is 52.9 Å². The number of aromatic nitrogens is 2. The lowest BCUT2D eigenvalue weighted by Crippen LogP contribution is -2.43.